The first-order chi connectivity index (χ1) is 14.2. The van der Waals surface area contributed by atoms with Gasteiger partial charge < -0.3 is 20.2 Å². The van der Waals surface area contributed by atoms with Gasteiger partial charge in [-0.15, -0.1) is 0 Å². The summed E-state index contributed by atoms with van der Waals surface area (Å²) in [6, 6.07) is 2.52. The molecular formula is C21H34N6O2. The summed E-state index contributed by atoms with van der Waals surface area (Å²) in [5.74, 6) is 2.29. The molecule has 3 aliphatic rings. The molecule has 1 aromatic heterocycles. The van der Waals surface area contributed by atoms with Crippen molar-refractivity contribution in [3.8, 4) is 0 Å². The maximum absolute atomic E-state index is 12.8. The summed E-state index contributed by atoms with van der Waals surface area (Å²) in [6.07, 6.45) is 8.32. The standard InChI is InChI=1S/C21H34N6O2/c28-13-7-22-19-14-20(24-16-23-19)25-11-5-18(6-12-25)27-10-3-4-17(15-27)21(29)26-8-1-2-9-26/h14,16-18,28H,1-13,15H2,(H,22,23,24)/t17-/m1/s1. The van der Waals surface area contributed by atoms with Crippen LogP contribution in [0.5, 0.6) is 0 Å². The molecule has 3 aliphatic heterocycles. The smallest absolute Gasteiger partial charge is 0.226 e. The summed E-state index contributed by atoms with van der Waals surface area (Å²) in [5.41, 5.74) is 0. The SMILES string of the molecule is O=C([C@@H]1CCCN(C2CCN(c3cc(NCCO)ncn3)CC2)C1)N1CCCC1. The third-order valence-corrected chi connectivity index (χ3v) is 6.60. The van der Waals surface area contributed by atoms with E-state index in [1.807, 2.05) is 6.07 Å². The Morgan fingerprint density at radius 3 is 2.62 bits per heavy atom. The normalized spacial score (nSPS) is 24.1. The second-order valence-electron chi connectivity index (χ2n) is 8.50. The molecule has 0 bridgehead atoms. The van der Waals surface area contributed by atoms with Crippen LogP contribution in [0.4, 0.5) is 11.6 Å². The molecule has 0 unspecified atom stereocenters. The fourth-order valence-electron chi connectivity index (χ4n) is 5.00. The first kappa shape index (κ1) is 20.3. The van der Waals surface area contributed by atoms with E-state index in [2.05, 4.69) is 30.0 Å². The predicted molar refractivity (Wildman–Crippen MR) is 113 cm³/mol. The molecule has 8 heteroatoms. The minimum atomic E-state index is 0.0851. The number of piperidine rings is 2. The van der Waals surface area contributed by atoms with E-state index in [9.17, 15) is 4.79 Å². The Kier molecular flexibility index (Phi) is 6.82. The molecule has 8 nitrogen and oxygen atoms in total. The zero-order valence-corrected chi connectivity index (χ0v) is 17.3. The number of likely N-dealkylation sites (tertiary alicyclic amines) is 2. The summed E-state index contributed by atoms with van der Waals surface area (Å²) in [7, 11) is 0. The molecule has 29 heavy (non-hydrogen) atoms. The van der Waals surface area contributed by atoms with Crippen molar-refractivity contribution in [3.05, 3.63) is 12.4 Å². The van der Waals surface area contributed by atoms with Crippen LogP contribution in [-0.4, -0.2) is 89.2 Å². The van der Waals surface area contributed by atoms with Crippen LogP contribution in [0.1, 0.15) is 38.5 Å². The Bertz CT molecular complexity index is 673. The first-order valence-corrected chi connectivity index (χ1v) is 11.2. The predicted octanol–water partition coefficient (Wildman–Crippen LogP) is 1.18. The zero-order chi connectivity index (χ0) is 20.1. The Balaban J connectivity index is 1.29. The molecular weight excluding hydrogens is 368 g/mol. The van der Waals surface area contributed by atoms with Gasteiger partial charge >= 0.3 is 0 Å². The van der Waals surface area contributed by atoms with Crippen molar-refractivity contribution < 1.29 is 9.90 Å². The van der Waals surface area contributed by atoms with Gasteiger partial charge in [0, 0.05) is 51.4 Å². The number of aromatic nitrogens is 2. The molecule has 0 saturated carbocycles. The third-order valence-electron chi connectivity index (χ3n) is 6.60. The van der Waals surface area contributed by atoms with Crippen LogP contribution in [0.2, 0.25) is 0 Å². The van der Waals surface area contributed by atoms with E-state index in [1.165, 1.54) is 12.8 Å². The molecule has 0 aromatic carbocycles. The fraction of sp³-hybridized carbons (Fsp3) is 0.762. The Morgan fingerprint density at radius 1 is 1.07 bits per heavy atom. The van der Waals surface area contributed by atoms with Gasteiger partial charge in [-0.2, -0.15) is 0 Å². The van der Waals surface area contributed by atoms with Gasteiger partial charge in [-0.3, -0.25) is 9.69 Å². The first-order valence-electron chi connectivity index (χ1n) is 11.2. The third kappa shape index (κ3) is 4.98. The topological polar surface area (TPSA) is 84.8 Å². The summed E-state index contributed by atoms with van der Waals surface area (Å²) in [4.78, 5) is 28.5. The molecule has 4 heterocycles. The van der Waals surface area contributed by atoms with Gasteiger partial charge in [0.1, 0.15) is 18.0 Å². The molecule has 1 aromatic rings. The zero-order valence-electron chi connectivity index (χ0n) is 17.3. The molecule has 0 spiro atoms. The Morgan fingerprint density at radius 2 is 1.86 bits per heavy atom. The minimum Gasteiger partial charge on any atom is -0.395 e. The number of hydrogen-bond acceptors (Lipinski definition) is 7. The van der Waals surface area contributed by atoms with Gasteiger partial charge in [0.15, 0.2) is 0 Å². The van der Waals surface area contributed by atoms with Crippen molar-refractivity contribution >= 4 is 17.5 Å². The summed E-state index contributed by atoms with van der Waals surface area (Å²) in [6.45, 7) is 6.50. The van der Waals surface area contributed by atoms with Crippen LogP contribution in [0.25, 0.3) is 0 Å². The van der Waals surface area contributed by atoms with Gasteiger partial charge in [-0.1, -0.05) is 0 Å². The molecule has 0 radical (unpaired) electrons. The second kappa shape index (κ2) is 9.71. The maximum atomic E-state index is 12.8. The van der Waals surface area contributed by atoms with Gasteiger partial charge in [0.2, 0.25) is 5.91 Å². The summed E-state index contributed by atoms with van der Waals surface area (Å²) >= 11 is 0. The highest BCUT2D eigenvalue weighted by Crippen LogP contribution is 2.27. The number of hydrogen-bond donors (Lipinski definition) is 2. The van der Waals surface area contributed by atoms with Crippen LogP contribution >= 0.6 is 0 Å². The highest BCUT2D eigenvalue weighted by molar-refractivity contribution is 5.79. The van der Waals surface area contributed by atoms with Crippen LogP contribution < -0.4 is 10.2 Å². The average molecular weight is 403 g/mol. The molecule has 1 amide bonds. The lowest BCUT2D eigenvalue weighted by Gasteiger charge is -2.42. The van der Waals surface area contributed by atoms with Crippen molar-refractivity contribution in [1.82, 2.24) is 19.8 Å². The van der Waals surface area contributed by atoms with Crippen molar-refractivity contribution in [2.45, 2.75) is 44.6 Å². The van der Waals surface area contributed by atoms with Crippen LogP contribution in [0, 0.1) is 5.92 Å². The number of nitrogens with one attached hydrogen (secondary N) is 1. The fourth-order valence-corrected chi connectivity index (χ4v) is 5.00. The lowest BCUT2D eigenvalue weighted by atomic mass is 9.93. The number of aliphatic hydroxyl groups excluding tert-OH is 1. The number of carbonyl (C=O) groups is 1. The van der Waals surface area contributed by atoms with Gasteiger partial charge in [-0.05, 0) is 45.1 Å². The van der Waals surface area contributed by atoms with Gasteiger partial charge in [0.25, 0.3) is 0 Å². The highest BCUT2D eigenvalue weighted by Gasteiger charge is 2.34. The Hall–Kier alpha value is -1.93. The molecule has 3 fully saturated rings. The quantitative estimate of drug-likeness (QED) is 0.739. The molecule has 1 atom stereocenters. The maximum Gasteiger partial charge on any atom is 0.226 e. The van der Waals surface area contributed by atoms with Crippen molar-refractivity contribution in [2.24, 2.45) is 5.92 Å². The Labute approximate surface area is 173 Å². The number of nitrogens with zero attached hydrogens (tertiary/aromatic N) is 5. The molecule has 0 aliphatic carbocycles. The van der Waals surface area contributed by atoms with Crippen molar-refractivity contribution in [3.63, 3.8) is 0 Å². The van der Waals surface area contributed by atoms with E-state index in [1.54, 1.807) is 6.33 Å². The number of anilines is 2. The van der Waals surface area contributed by atoms with E-state index in [0.717, 1.165) is 76.6 Å². The highest BCUT2D eigenvalue weighted by atomic mass is 16.3. The monoisotopic (exact) mass is 402 g/mol. The van der Waals surface area contributed by atoms with Crippen LogP contribution in [0.3, 0.4) is 0 Å². The summed E-state index contributed by atoms with van der Waals surface area (Å²) in [5, 5.41) is 12.1. The second-order valence-corrected chi connectivity index (χ2v) is 8.50. The summed E-state index contributed by atoms with van der Waals surface area (Å²) < 4.78 is 0. The van der Waals surface area contributed by atoms with Gasteiger partial charge in [0.05, 0.1) is 12.5 Å². The lowest BCUT2D eigenvalue weighted by Crippen LogP contribution is -2.51. The van der Waals surface area contributed by atoms with E-state index in [4.69, 9.17) is 5.11 Å². The van der Waals surface area contributed by atoms with E-state index in [0.29, 0.717) is 18.5 Å². The van der Waals surface area contributed by atoms with Gasteiger partial charge in [-0.25, -0.2) is 9.97 Å². The number of carbonyl (C=O) groups excluding carboxylic acids is 1. The van der Waals surface area contributed by atoms with E-state index in [-0.39, 0.29) is 12.5 Å². The number of amides is 1. The van der Waals surface area contributed by atoms with Crippen LogP contribution in [0.15, 0.2) is 12.4 Å². The molecule has 2 N–H and O–H groups in total. The molecule has 4 rings (SSSR count). The van der Waals surface area contributed by atoms with Crippen molar-refractivity contribution in [1.29, 1.82) is 0 Å². The minimum absolute atomic E-state index is 0.0851. The molecule has 160 valence electrons. The van der Waals surface area contributed by atoms with E-state index < -0.39 is 0 Å². The number of rotatable bonds is 6. The van der Waals surface area contributed by atoms with Crippen LogP contribution in [-0.2, 0) is 4.79 Å². The lowest BCUT2D eigenvalue weighted by molar-refractivity contribution is -0.136. The average Bonchev–Trinajstić information content (AvgIpc) is 3.32. The number of aliphatic hydroxyl groups is 1. The van der Waals surface area contributed by atoms with E-state index >= 15 is 0 Å². The largest absolute Gasteiger partial charge is 0.395 e. The molecule has 3 saturated heterocycles. The van der Waals surface area contributed by atoms with Crippen molar-refractivity contribution in [2.75, 3.05) is 62.6 Å².